The second-order valence-electron chi connectivity index (χ2n) is 11.0. The zero-order valence-electron chi connectivity index (χ0n) is 21.6. The zero-order chi connectivity index (χ0) is 24.6. The number of hydrogen-bond donors (Lipinski definition) is 1. The van der Waals surface area contributed by atoms with Gasteiger partial charge < -0.3 is 9.72 Å². The van der Waals surface area contributed by atoms with Crippen LogP contribution in [0.2, 0.25) is 0 Å². The normalized spacial score (nSPS) is 17.9. The molecule has 0 saturated carbocycles. The summed E-state index contributed by atoms with van der Waals surface area (Å²) in [5.74, 6) is 1.06. The van der Waals surface area contributed by atoms with Crippen molar-refractivity contribution in [3.8, 4) is 0 Å². The van der Waals surface area contributed by atoms with Gasteiger partial charge in [-0.15, -0.1) is 5.10 Å². The van der Waals surface area contributed by atoms with Gasteiger partial charge in [0.2, 0.25) is 0 Å². The van der Waals surface area contributed by atoms with Crippen LogP contribution in [-0.4, -0.2) is 49.3 Å². The van der Waals surface area contributed by atoms with E-state index < -0.39 is 0 Å². The number of fused-ring (bicyclic) bond motifs is 1. The van der Waals surface area contributed by atoms with Gasteiger partial charge in [0.05, 0.1) is 17.7 Å². The highest BCUT2D eigenvalue weighted by Gasteiger charge is 2.34. The molecule has 0 aliphatic carbocycles. The smallest absolute Gasteiger partial charge is 0.252 e. The third-order valence-corrected chi connectivity index (χ3v) is 6.64. The molecule has 3 aromatic rings. The van der Waals surface area contributed by atoms with Crippen molar-refractivity contribution in [3.05, 3.63) is 51.1 Å². The molecule has 8 heteroatoms. The fraction of sp³-hybridized carbons (Fsp3) is 0.615. The molecule has 1 aromatic carbocycles. The van der Waals surface area contributed by atoms with Crippen LogP contribution in [0.15, 0.2) is 23.0 Å². The van der Waals surface area contributed by atoms with E-state index in [0.717, 1.165) is 59.4 Å². The first-order chi connectivity index (χ1) is 16.0. The highest BCUT2D eigenvalue weighted by Crippen LogP contribution is 2.32. The Balaban J connectivity index is 1.78. The number of aromatic nitrogens is 5. The Kier molecular flexibility index (Phi) is 6.92. The Labute approximate surface area is 201 Å². The van der Waals surface area contributed by atoms with Gasteiger partial charge in [0, 0.05) is 36.2 Å². The Hall–Kier alpha value is -2.58. The molecule has 2 atom stereocenters. The molecule has 1 aliphatic heterocycles. The van der Waals surface area contributed by atoms with Crippen molar-refractivity contribution in [3.63, 3.8) is 0 Å². The summed E-state index contributed by atoms with van der Waals surface area (Å²) in [6.07, 6.45) is 2.24. The van der Waals surface area contributed by atoms with Gasteiger partial charge in [0.25, 0.3) is 5.56 Å². The van der Waals surface area contributed by atoms with E-state index in [1.165, 1.54) is 0 Å². The van der Waals surface area contributed by atoms with E-state index in [9.17, 15) is 4.79 Å². The van der Waals surface area contributed by atoms with E-state index in [1.807, 2.05) is 10.7 Å². The van der Waals surface area contributed by atoms with Crippen molar-refractivity contribution in [1.82, 2.24) is 30.1 Å². The van der Waals surface area contributed by atoms with E-state index in [4.69, 9.17) is 4.74 Å². The van der Waals surface area contributed by atoms with Crippen LogP contribution in [0, 0.1) is 19.8 Å². The van der Waals surface area contributed by atoms with Gasteiger partial charge in [-0.1, -0.05) is 19.9 Å². The molecule has 2 aromatic heterocycles. The first-order valence-electron chi connectivity index (χ1n) is 12.3. The molecular formula is C26H38N6O2. The highest BCUT2D eigenvalue weighted by atomic mass is 16.5. The lowest BCUT2D eigenvalue weighted by molar-refractivity contribution is 0.0371. The van der Waals surface area contributed by atoms with E-state index in [0.29, 0.717) is 6.54 Å². The fourth-order valence-corrected chi connectivity index (χ4v) is 5.12. The van der Waals surface area contributed by atoms with Crippen LogP contribution < -0.4 is 5.56 Å². The minimum absolute atomic E-state index is 0.0484. The summed E-state index contributed by atoms with van der Waals surface area (Å²) in [6.45, 7) is 16.8. The maximum Gasteiger partial charge on any atom is 0.252 e. The monoisotopic (exact) mass is 466 g/mol. The van der Waals surface area contributed by atoms with Gasteiger partial charge in [0.15, 0.2) is 5.82 Å². The molecular weight excluding hydrogens is 428 g/mol. The summed E-state index contributed by atoms with van der Waals surface area (Å²) in [7, 11) is 0. The van der Waals surface area contributed by atoms with Gasteiger partial charge in [-0.3, -0.25) is 9.69 Å². The molecule has 1 saturated heterocycles. The van der Waals surface area contributed by atoms with Gasteiger partial charge in [-0.05, 0) is 87.1 Å². The van der Waals surface area contributed by atoms with Gasteiger partial charge in [0.1, 0.15) is 0 Å². The number of hydrogen-bond acceptors (Lipinski definition) is 6. The van der Waals surface area contributed by atoms with E-state index in [2.05, 4.69) is 86.0 Å². The standard InChI is InChI=1S/C26H38N6O2/c1-16(2)23(24-28-29-30-32(24)26(5,6)7)31(15-20-9-8-10-34-20)14-19-13-21-18(4)11-17(3)12-22(21)27-25(19)33/h11-13,16,20,23H,8-10,14-15H2,1-7H3,(H,27,33)/t20-,23-/m1/s1. The lowest BCUT2D eigenvalue weighted by atomic mass is 9.98. The Bertz CT molecular complexity index is 1200. The van der Waals surface area contributed by atoms with Crippen LogP contribution in [0.5, 0.6) is 0 Å². The van der Waals surface area contributed by atoms with Crippen molar-refractivity contribution in [2.75, 3.05) is 13.2 Å². The average molecular weight is 467 g/mol. The summed E-state index contributed by atoms with van der Waals surface area (Å²) in [5.41, 5.74) is 3.63. The number of aryl methyl sites for hydroxylation is 2. The van der Waals surface area contributed by atoms with Crippen LogP contribution in [-0.2, 0) is 16.8 Å². The summed E-state index contributed by atoms with van der Waals surface area (Å²) in [6, 6.07) is 6.18. The Morgan fingerprint density at radius 3 is 2.65 bits per heavy atom. The van der Waals surface area contributed by atoms with Gasteiger partial charge in [-0.25, -0.2) is 4.68 Å². The second kappa shape index (κ2) is 9.58. The summed E-state index contributed by atoms with van der Waals surface area (Å²) >= 11 is 0. The van der Waals surface area contributed by atoms with E-state index >= 15 is 0 Å². The molecule has 0 amide bonds. The second-order valence-corrected chi connectivity index (χ2v) is 11.0. The minimum Gasteiger partial charge on any atom is -0.377 e. The number of ether oxygens (including phenoxy) is 1. The van der Waals surface area contributed by atoms with Gasteiger partial charge in [-0.2, -0.15) is 0 Å². The molecule has 4 rings (SSSR count). The Morgan fingerprint density at radius 1 is 1.24 bits per heavy atom. The maximum atomic E-state index is 13.2. The highest BCUT2D eigenvalue weighted by molar-refractivity contribution is 5.83. The van der Waals surface area contributed by atoms with Crippen molar-refractivity contribution in [2.45, 2.75) is 85.5 Å². The van der Waals surface area contributed by atoms with Crippen LogP contribution >= 0.6 is 0 Å². The third kappa shape index (κ3) is 5.08. The molecule has 1 N–H and O–H groups in total. The van der Waals surface area contributed by atoms with E-state index in [-0.39, 0.29) is 29.2 Å². The first kappa shape index (κ1) is 24.5. The molecule has 0 radical (unpaired) electrons. The topological polar surface area (TPSA) is 88.9 Å². The SMILES string of the molecule is Cc1cc(C)c2cc(CN(C[C@H]3CCCO3)[C@@H](c3nnnn3C(C)(C)C)C(C)C)c(=O)[nH]c2c1. The minimum atomic E-state index is -0.253. The predicted octanol–water partition coefficient (Wildman–Crippen LogP) is 4.26. The van der Waals surface area contributed by atoms with Crippen LogP contribution in [0.25, 0.3) is 10.9 Å². The number of benzene rings is 1. The summed E-state index contributed by atoms with van der Waals surface area (Å²) in [4.78, 5) is 18.6. The Morgan fingerprint density at radius 2 is 2.00 bits per heavy atom. The molecule has 0 spiro atoms. The van der Waals surface area contributed by atoms with E-state index in [1.54, 1.807) is 0 Å². The van der Waals surface area contributed by atoms with Gasteiger partial charge >= 0.3 is 0 Å². The van der Waals surface area contributed by atoms with Crippen molar-refractivity contribution < 1.29 is 4.74 Å². The lowest BCUT2D eigenvalue weighted by Crippen LogP contribution is -2.41. The van der Waals surface area contributed by atoms with Crippen molar-refractivity contribution in [2.24, 2.45) is 5.92 Å². The molecule has 8 nitrogen and oxygen atoms in total. The molecule has 0 unspecified atom stereocenters. The fourth-order valence-electron chi connectivity index (χ4n) is 5.12. The third-order valence-electron chi connectivity index (χ3n) is 6.64. The number of rotatable bonds is 7. The zero-order valence-corrected chi connectivity index (χ0v) is 21.6. The quantitative estimate of drug-likeness (QED) is 0.560. The number of pyridine rings is 1. The molecule has 0 bridgehead atoms. The summed E-state index contributed by atoms with van der Waals surface area (Å²) in [5, 5.41) is 13.9. The molecule has 1 aliphatic rings. The van der Waals surface area contributed by atoms with Crippen LogP contribution in [0.1, 0.15) is 76.0 Å². The number of nitrogens with one attached hydrogen (secondary N) is 1. The number of tetrazole rings is 1. The van der Waals surface area contributed by atoms with Crippen molar-refractivity contribution in [1.29, 1.82) is 0 Å². The molecule has 184 valence electrons. The average Bonchev–Trinajstić information content (AvgIpc) is 3.40. The first-order valence-corrected chi connectivity index (χ1v) is 12.3. The number of H-pyrrole nitrogens is 1. The number of nitrogens with zero attached hydrogens (tertiary/aromatic N) is 5. The van der Waals surface area contributed by atoms with Crippen LogP contribution in [0.3, 0.4) is 0 Å². The molecule has 3 heterocycles. The largest absolute Gasteiger partial charge is 0.377 e. The lowest BCUT2D eigenvalue weighted by Gasteiger charge is -2.36. The number of aromatic amines is 1. The predicted molar refractivity (Wildman–Crippen MR) is 134 cm³/mol. The molecule has 34 heavy (non-hydrogen) atoms. The van der Waals surface area contributed by atoms with Crippen LogP contribution in [0.4, 0.5) is 0 Å². The summed E-state index contributed by atoms with van der Waals surface area (Å²) < 4.78 is 7.93. The maximum absolute atomic E-state index is 13.2. The molecule has 1 fully saturated rings. The van der Waals surface area contributed by atoms with Crippen molar-refractivity contribution >= 4 is 10.9 Å².